The molecule has 0 saturated carbocycles. The zero-order chi connectivity index (χ0) is 18.4. The van der Waals surface area contributed by atoms with Crippen molar-refractivity contribution in [2.24, 2.45) is 0 Å². The van der Waals surface area contributed by atoms with Crippen LogP contribution in [0.1, 0.15) is 33.2 Å². The number of nitrogens with one attached hydrogen (secondary N) is 1. The van der Waals surface area contributed by atoms with Crippen LogP contribution >= 0.6 is 0 Å². The maximum atomic E-state index is 13.1. The first-order chi connectivity index (χ1) is 11.9. The Kier molecular flexibility index (Phi) is 5.78. The number of non-ortho nitro benzene ring substituents is 1. The number of hydrogen-bond acceptors (Lipinski definition) is 5. The van der Waals surface area contributed by atoms with E-state index in [2.05, 4.69) is 5.32 Å². The van der Waals surface area contributed by atoms with E-state index < -0.39 is 28.3 Å². The molecule has 0 aliphatic carbocycles. The predicted molar refractivity (Wildman–Crippen MR) is 86.6 cm³/mol. The Hall–Kier alpha value is -3.29. The van der Waals surface area contributed by atoms with Crippen LogP contribution < -0.4 is 5.32 Å². The Bertz CT molecular complexity index is 822. The molecule has 2 aromatic carbocycles. The van der Waals surface area contributed by atoms with Crippen LogP contribution in [-0.2, 0) is 11.3 Å². The lowest BCUT2D eigenvalue weighted by molar-refractivity contribution is -0.384. The van der Waals surface area contributed by atoms with Crippen molar-refractivity contribution in [1.29, 1.82) is 0 Å². The number of halogens is 1. The molecule has 7 nitrogen and oxygen atoms in total. The number of ether oxygens (including phenoxy) is 1. The molecular formula is C17H15FN2O5. The molecule has 1 amide bonds. The Morgan fingerprint density at radius 2 is 1.92 bits per heavy atom. The quantitative estimate of drug-likeness (QED) is 0.493. The fraction of sp³-hybridized carbons (Fsp3) is 0.176. The van der Waals surface area contributed by atoms with Crippen LogP contribution in [0.3, 0.4) is 0 Å². The zero-order valence-corrected chi connectivity index (χ0v) is 13.3. The molecule has 8 heteroatoms. The van der Waals surface area contributed by atoms with Gasteiger partial charge in [-0.1, -0.05) is 12.1 Å². The van der Waals surface area contributed by atoms with Gasteiger partial charge in [0.05, 0.1) is 17.1 Å². The van der Waals surface area contributed by atoms with Crippen LogP contribution in [0.25, 0.3) is 0 Å². The van der Waals surface area contributed by atoms with Gasteiger partial charge in [-0.3, -0.25) is 14.9 Å². The van der Waals surface area contributed by atoms with Crippen molar-refractivity contribution in [3.05, 3.63) is 75.1 Å². The lowest BCUT2D eigenvalue weighted by Crippen LogP contribution is -2.23. The van der Waals surface area contributed by atoms with Crippen LogP contribution in [0.4, 0.5) is 10.1 Å². The summed E-state index contributed by atoms with van der Waals surface area (Å²) in [5, 5.41) is 13.5. The van der Waals surface area contributed by atoms with E-state index in [1.165, 1.54) is 24.3 Å². The number of esters is 1. The molecule has 0 atom stereocenters. The highest BCUT2D eigenvalue weighted by molar-refractivity contribution is 5.98. The van der Waals surface area contributed by atoms with Gasteiger partial charge >= 0.3 is 5.97 Å². The lowest BCUT2D eigenvalue weighted by Gasteiger charge is -2.08. The van der Waals surface area contributed by atoms with Crippen molar-refractivity contribution in [1.82, 2.24) is 5.32 Å². The number of carbonyl (C=O) groups excluding carboxylic acids is 2. The smallest absolute Gasteiger partial charge is 0.338 e. The van der Waals surface area contributed by atoms with E-state index >= 15 is 0 Å². The third kappa shape index (κ3) is 4.84. The molecule has 130 valence electrons. The fourth-order valence-corrected chi connectivity index (χ4v) is 2.11. The maximum absolute atomic E-state index is 13.1. The minimum atomic E-state index is -0.759. The van der Waals surface area contributed by atoms with Crippen molar-refractivity contribution in [3.8, 4) is 0 Å². The largest absolute Gasteiger partial charge is 0.462 e. The third-order valence-electron chi connectivity index (χ3n) is 3.24. The molecular weight excluding hydrogens is 331 g/mol. The van der Waals surface area contributed by atoms with Crippen molar-refractivity contribution in [2.75, 3.05) is 6.61 Å². The summed E-state index contributed by atoms with van der Waals surface area (Å²) < 4.78 is 17.9. The molecule has 0 aliphatic heterocycles. The molecule has 2 rings (SSSR count). The second-order valence-corrected chi connectivity index (χ2v) is 5.06. The van der Waals surface area contributed by atoms with E-state index in [4.69, 9.17) is 4.74 Å². The van der Waals surface area contributed by atoms with Gasteiger partial charge in [0.2, 0.25) is 0 Å². The predicted octanol–water partition coefficient (Wildman–Crippen LogP) is 2.84. The summed E-state index contributed by atoms with van der Waals surface area (Å²) in [6.45, 7) is 1.73. The van der Waals surface area contributed by atoms with Crippen LogP contribution in [0.5, 0.6) is 0 Å². The molecule has 0 fully saturated rings. The third-order valence-corrected chi connectivity index (χ3v) is 3.24. The minimum absolute atomic E-state index is 0.0357. The van der Waals surface area contributed by atoms with Gasteiger partial charge in [0.15, 0.2) is 0 Å². The molecule has 0 radical (unpaired) electrons. The normalized spacial score (nSPS) is 10.2. The van der Waals surface area contributed by atoms with E-state index in [9.17, 15) is 24.1 Å². The molecule has 2 aromatic rings. The van der Waals surface area contributed by atoms with Gasteiger partial charge in [0.1, 0.15) is 5.82 Å². The molecule has 0 aromatic heterocycles. The molecule has 0 unspecified atom stereocenters. The van der Waals surface area contributed by atoms with Crippen LogP contribution in [0, 0.1) is 15.9 Å². The summed E-state index contributed by atoms with van der Waals surface area (Å²) >= 11 is 0. The van der Waals surface area contributed by atoms with Gasteiger partial charge in [0, 0.05) is 24.2 Å². The molecule has 0 aliphatic rings. The Morgan fingerprint density at radius 1 is 1.20 bits per heavy atom. The number of nitrogens with zero attached hydrogens (tertiary/aromatic N) is 1. The van der Waals surface area contributed by atoms with Gasteiger partial charge in [-0.2, -0.15) is 0 Å². The number of nitro benzene ring substituents is 1. The van der Waals surface area contributed by atoms with Gasteiger partial charge in [-0.15, -0.1) is 0 Å². The highest BCUT2D eigenvalue weighted by atomic mass is 19.1. The van der Waals surface area contributed by atoms with Crippen LogP contribution in [0.2, 0.25) is 0 Å². The first kappa shape index (κ1) is 18.1. The molecule has 0 heterocycles. The average molecular weight is 346 g/mol. The van der Waals surface area contributed by atoms with Gasteiger partial charge in [0.25, 0.3) is 11.6 Å². The Balaban J connectivity index is 2.22. The van der Waals surface area contributed by atoms with Crippen LogP contribution in [0.15, 0.2) is 42.5 Å². The molecule has 0 saturated heterocycles. The van der Waals surface area contributed by atoms with E-state index in [1.807, 2.05) is 0 Å². The number of nitro groups is 1. The van der Waals surface area contributed by atoms with Crippen LogP contribution in [-0.4, -0.2) is 23.4 Å². The van der Waals surface area contributed by atoms with E-state index in [0.29, 0.717) is 5.56 Å². The number of amides is 1. The van der Waals surface area contributed by atoms with E-state index in [0.717, 1.165) is 12.1 Å². The maximum Gasteiger partial charge on any atom is 0.338 e. The SMILES string of the molecule is CCOC(=O)c1cc(C(=O)NCc2cccc(F)c2)cc([N+](=O)[O-])c1. The standard InChI is InChI=1S/C17H15FN2O5/c1-2-25-17(22)13-7-12(8-15(9-13)20(23)24)16(21)19-10-11-4-3-5-14(18)6-11/h3-9H,2,10H2,1H3,(H,19,21). The fourth-order valence-electron chi connectivity index (χ4n) is 2.11. The van der Waals surface area contributed by atoms with Crippen molar-refractivity contribution in [2.45, 2.75) is 13.5 Å². The molecule has 25 heavy (non-hydrogen) atoms. The Labute approximate surface area is 142 Å². The zero-order valence-electron chi connectivity index (χ0n) is 13.3. The van der Waals surface area contributed by atoms with Crippen molar-refractivity contribution in [3.63, 3.8) is 0 Å². The summed E-state index contributed by atoms with van der Waals surface area (Å²) in [5.41, 5.74) is -0.0218. The summed E-state index contributed by atoms with van der Waals surface area (Å²) in [7, 11) is 0. The van der Waals surface area contributed by atoms with Crippen molar-refractivity contribution < 1.29 is 23.6 Å². The summed E-state index contributed by atoms with van der Waals surface area (Å²) in [6, 6.07) is 8.98. The minimum Gasteiger partial charge on any atom is -0.462 e. The molecule has 0 bridgehead atoms. The Morgan fingerprint density at radius 3 is 2.56 bits per heavy atom. The number of hydrogen-bond donors (Lipinski definition) is 1. The highest BCUT2D eigenvalue weighted by Gasteiger charge is 2.18. The summed E-state index contributed by atoms with van der Waals surface area (Å²) in [4.78, 5) is 34.3. The second-order valence-electron chi connectivity index (χ2n) is 5.06. The first-order valence-electron chi connectivity index (χ1n) is 7.40. The topological polar surface area (TPSA) is 98.5 Å². The highest BCUT2D eigenvalue weighted by Crippen LogP contribution is 2.18. The number of rotatable bonds is 6. The summed E-state index contributed by atoms with van der Waals surface area (Å²) in [5.74, 6) is -1.82. The summed E-state index contributed by atoms with van der Waals surface area (Å²) in [6.07, 6.45) is 0. The monoisotopic (exact) mass is 346 g/mol. The average Bonchev–Trinajstić information content (AvgIpc) is 2.59. The molecule has 1 N–H and O–H groups in total. The van der Waals surface area contributed by atoms with Gasteiger partial charge in [-0.25, -0.2) is 9.18 Å². The first-order valence-corrected chi connectivity index (χ1v) is 7.40. The van der Waals surface area contributed by atoms with E-state index in [1.54, 1.807) is 13.0 Å². The number of benzene rings is 2. The molecule has 0 spiro atoms. The number of carbonyl (C=O) groups is 2. The second kappa shape index (κ2) is 8.00. The van der Waals surface area contributed by atoms with Gasteiger partial charge < -0.3 is 10.1 Å². The lowest BCUT2D eigenvalue weighted by atomic mass is 10.1. The van der Waals surface area contributed by atoms with Crippen molar-refractivity contribution >= 4 is 17.6 Å². The van der Waals surface area contributed by atoms with Gasteiger partial charge in [-0.05, 0) is 30.7 Å². The van der Waals surface area contributed by atoms with E-state index in [-0.39, 0.29) is 24.3 Å².